The molecule has 5 heteroatoms. The Morgan fingerprint density at radius 3 is 2.15 bits per heavy atom. The zero-order valence-corrected chi connectivity index (χ0v) is 16.0. The quantitative estimate of drug-likeness (QED) is 0.381. The molecule has 0 aliphatic carbocycles. The van der Waals surface area contributed by atoms with Crippen LogP contribution in [0.2, 0.25) is 0 Å². The van der Waals surface area contributed by atoms with Gasteiger partial charge in [0.15, 0.2) is 12.4 Å². The van der Waals surface area contributed by atoms with E-state index in [2.05, 4.69) is 35.6 Å². The van der Waals surface area contributed by atoms with Crippen molar-refractivity contribution in [2.24, 2.45) is 0 Å². The van der Waals surface area contributed by atoms with Crippen molar-refractivity contribution in [3.63, 3.8) is 0 Å². The van der Waals surface area contributed by atoms with Gasteiger partial charge in [-0.3, -0.25) is 4.79 Å². The summed E-state index contributed by atoms with van der Waals surface area (Å²) in [6.45, 7) is 6.02. The lowest BCUT2D eigenvalue weighted by Crippen LogP contribution is -2.21. The standard InChI is InChI=1S/C22H25NO4/c1-4-23(5-2)19-11-6-17(7-12-19)8-15-21(24)18-9-13-20(14-10-18)27-16-22(25)26-3/h6-15H,4-5,16H2,1-3H3/b15-8+. The Morgan fingerprint density at radius 2 is 1.59 bits per heavy atom. The van der Waals surface area contributed by atoms with Gasteiger partial charge in [0, 0.05) is 24.3 Å². The number of carbonyl (C=O) groups is 2. The fraction of sp³-hybridized carbons (Fsp3) is 0.273. The Balaban J connectivity index is 1.96. The summed E-state index contributed by atoms with van der Waals surface area (Å²) < 4.78 is 9.77. The molecule has 0 saturated heterocycles. The van der Waals surface area contributed by atoms with E-state index in [1.807, 2.05) is 12.1 Å². The third-order valence-corrected chi connectivity index (χ3v) is 4.17. The molecular weight excluding hydrogens is 342 g/mol. The largest absolute Gasteiger partial charge is 0.482 e. The Labute approximate surface area is 160 Å². The number of hydrogen-bond donors (Lipinski definition) is 0. The third-order valence-electron chi connectivity index (χ3n) is 4.17. The molecule has 2 aromatic carbocycles. The zero-order chi connectivity index (χ0) is 19.6. The monoisotopic (exact) mass is 367 g/mol. The second kappa shape index (κ2) is 10.2. The lowest BCUT2D eigenvalue weighted by Gasteiger charge is -2.20. The molecule has 0 bridgehead atoms. The lowest BCUT2D eigenvalue weighted by molar-refractivity contribution is -0.142. The molecule has 5 nitrogen and oxygen atoms in total. The normalized spacial score (nSPS) is 10.6. The molecular formula is C22H25NO4. The molecule has 0 aliphatic rings. The van der Waals surface area contributed by atoms with Gasteiger partial charge in [0.1, 0.15) is 5.75 Å². The third kappa shape index (κ3) is 5.99. The molecule has 0 N–H and O–H groups in total. The summed E-state index contributed by atoms with van der Waals surface area (Å²) in [7, 11) is 1.30. The van der Waals surface area contributed by atoms with E-state index in [-0.39, 0.29) is 12.4 Å². The first-order chi connectivity index (χ1) is 13.1. The van der Waals surface area contributed by atoms with E-state index < -0.39 is 5.97 Å². The van der Waals surface area contributed by atoms with Crippen LogP contribution in [0.4, 0.5) is 5.69 Å². The number of anilines is 1. The first-order valence-corrected chi connectivity index (χ1v) is 8.94. The SMILES string of the molecule is CCN(CC)c1ccc(/C=C/C(=O)c2ccc(OCC(=O)OC)cc2)cc1. The van der Waals surface area contributed by atoms with E-state index in [1.165, 1.54) is 12.8 Å². The van der Waals surface area contributed by atoms with Gasteiger partial charge in [-0.2, -0.15) is 0 Å². The number of methoxy groups -OCH3 is 1. The molecule has 142 valence electrons. The highest BCUT2D eigenvalue weighted by Crippen LogP contribution is 2.17. The van der Waals surface area contributed by atoms with E-state index in [0.29, 0.717) is 11.3 Å². The predicted molar refractivity (Wildman–Crippen MR) is 107 cm³/mol. The minimum atomic E-state index is -0.454. The van der Waals surface area contributed by atoms with Gasteiger partial charge in [0.2, 0.25) is 0 Å². The maximum Gasteiger partial charge on any atom is 0.343 e. The Hall–Kier alpha value is -3.08. The fourth-order valence-electron chi connectivity index (χ4n) is 2.57. The van der Waals surface area contributed by atoms with Gasteiger partial charge < -0.3 is 14.4 Å². The van der Waals surface area contributed by atoms with Crippen LogP contribution in [-0.4, -0.2) is 38.6 Å². The van der Waals surface area contributed by atoms with Gasteiger partial charge in [0.25, 0.3) is 0 Å². The predicted octanol–water partition coefficient (Wildman–Crippen LogP) is 3.98. The molecule has 0 aromatic heterocycles. The second-order valence-corrected chi connectivity index (χ2v) is 5.85. The van der Waals surface area contributed by atoms with Gasteiger partial charge in [0.05, 0.1) is 7.11 Å². The van der Waals surface area contributed by atoms with Crippen LogP contribution in [0.3, 0.4) is 0 Å². The number of hydrogen-bond acceptors (Lipinski definition) is 5. The van der Waals surface area contributed by atoms with Crippen molar-refractivity contribution >= 4 is 23.5 Å². The smallest absolute Gasteiger partial charge is 0.343 e. The molecule has 27 heavy (non-hydrogen) atoms. The minimum Gasteiger partial charge on any atom is -0.482 e. The van der Waals surface area contributed by atoms with Crippen LogP contribution in [0.1, 0.15) is 29.8 Å². The van der Waals surface area contributed by atoms with Crippen LogP contribution >= 0.6 is 0 Å². The van der Waals surface area contributed by atoms with Crippen molar-refractivity contribution in [2.75, 3.05) is 31.7 Å². The van der Waals surface area contributed by atoms with Crippen molar-refractivity contribution < 1.29 is 19.1 Å². The summed E-state index contributed by atoms with van der Waals surface area (Å²) >= 11 is 0. The zero-order valence-electron chi connectivity index (χ0n) is 16.0. The number of ketones is 1. The van der Waals surface area contributed by atoms with E-state index in [0.717, 1.165) is 18.7 Å². The molecule has 0 radical (unpaired) electrons. The highest BCUT2D eigenvalue weighted by Gasteiger charge is 2.05. The van der Waals surface area contributed by atoms with Crippen LogP contribution < -0.4 is 9.64 Å². The number of esters is 1. The highest BCUT2D eigenvalue weighted by atomic mass is 16.6. The molecule has 0 atom stereocenters. The maximum atomic E-state index is 12.3. The van der Waals surface area contributed by atoms with Crippen molar-refractivity contribution in [3.8, 4) is 5.75 Å². The molecule has 2 aromatic rings. The summed E-state index contributed by atoms with van der Waals surface area (Å²) in [4.78, 5) is 25.6. The molecule has 0 heterocycles. The molecule has 0 fully saturated rings. The molecule has 0 aliphatic heterocycles. The number of ether oxygens (including phenoxy) is 2. The number of carbonyl (C=O) groups excluding carboxylic acids is 2. The van der Waals surface area contributed by atoms with Gasteiger partial charge in [-0.25, -0.2) is 4.79 Å². The van der Waals surface area contributed by atoms with Crippen LogP contribution in [0.25, 0.3) is 6.08 Å². The summed E-state index contributed by atoms with van der Waals surface area (Å²) in [5.74, 6) is -0.0413. The van der Waals surface area contributed by atoms with Gasteiger partial charge >= 0.3 is 5.97 Å². The molecule has 0 unspecified atom stereocenters. The van der Waals surface area contributed by atoms with E-state index >= 15 is 0 Å². The minimum absolute atomic E-state index is 0.0951. The van der Waals surface area contributed by atoms with Crippen molar-refractivity contribution in [1.82, 2.24) is 0 Å². The number of rotatable bonds is 9. The van der Waals surface area contributed by atoms with Gasteiger partial charge in [-0.15, -0.1) is 0 Å². The Bertz CT molecular complexity index is 775. The summed E-state index contributed by atoms with van der Waals surface area (Å²) in [5, 5.41) is 0. The summed E-state index contributed by atoms with van der Waals surface area (Å²) in [6, 6.07) is 14.8. The van der Waals surface area contributed by atoms with Crippen molar-refractivity contribution in [1.29, 1.82) is 0 Å². The molecule has 0 spiro atoms. The van der Waals surface area contributed by atoms with Crippen LogP contribution in [0.5, 0.6) is 5.75 Å². The van der Waals surface area contributed by atoms with E-state index in [9.17, 15) is 9.59 Å². The van der Waals surface area contributed by atoms with E-state index in [1.54, 1.807) is 36.4 Å². The van der Waals surface area contributed by atoms with Crippen LogP contribution in [0, 0.1) is 0 Å². The fourth-order valence-corrected chi connectivity index (χ4v) is 2.57. The van der Waals surface area contributed by atoms with Crippen LogP contribution in [-0.2, 0) is 9.53 Å². The van der Waals surface area contributed by atoms with Gasteiger partial charge in [-0.05, 0) is 61.9 Å². The highest BCUT2D eigenvalue weighted by molar-refractivity contribution is 6.06. The van der Waals surface area contributed by atoms with E-state index in [4.69, 9.17) is 4.74 Å². The number of allylic oxidation sites excluding steroid dienone is 1. The maximum absolute atomic E-state index is 12.3. The first-order valence-electron chi connectivity index (χ1n) is 8.94. The average Bonchev–Trinajstić information content (AvgIpc) is 2.72. The molecule has 0 amide bonds. The Morgan fingerprint density at radius 1 is 0.963 bits per heavy atom. The second-order valence-electron chi connectivity index (χ2n) is 5.85. The lowest BCUT2D eigenvalue weighted by atomic mass is 10.1. The Kier molecular flexibility index (Phi) is 7.62. The summed E-state index contributed by atoms with van der Waals surface area (Å²) in [5.41, 5.74) is 2.69. The van der Waals surface area contributed by atoms with Gasteiger partial charge in [-0.1, -0.05) is 18.2 Å². The first kappa shape index (κ1) is 20.2. The topological polar surface area (TPSA) is 55.8 Å². The van der Waals surface area contributed by atoms with Crippen molar-refractivity contribution in [2.45, 2.75) is 13.8 Å². The molecule has 2 rings (SSSR count). The molecule has 0 saturated carbocycles. The number of benzene rings is 2. The van der Waals surface area contributed by atoms with Crippen molar-refractivity contribution in [3.05, 3.63) is 65.7 Å². The summed E-state index contributed by atoms with van der Waals surface area (Å²) in [6.07, 6.45) is 3.35. The van der Waals surface area contributed by atoms with Crippen LogP contribution in [0.15, 0.2) is 54.6 Å². The average molecular weight is 367 g/mol. The number of nitrogens with zero attached hydrogens (tertiary/aromatic N) is 1.